The molecule has 0 aliphatic heterocycles. The number of carboxylic acid groups (broad SMARTS) is 1. The Labute approximate surface area is 155 Å². The smallest absolute Gasteiger partial charge is 0.326 e. The van der Waals surface area contributed by atoms with E-state index in [1.165, 1.54) is 30.3 Å². The third-order valence-corrected chi connectivity index (χ3v) is 3.89. The van der Waals surface area contributed by atoms with Gasteiger partial charge in [0.15, 0.2) is 0 Å². The number of amides is 1. The van der Waals surface area contributed by atoms with Crippen LogP contribution in [0.2, 0.25) is 0 Å². The first-order valence-electron chi connectivity index (χ1n) is 8.47. The number of halogens is 1. The molecular weight excluding hydrogens is 353 g/mol. The molecule has 0 aliphatic carbocycles. The van der Waals surface area contributed by atoms with E-state index < -0.39 is 29.3 Å². The minimum Gasteiger partial charge on any atom is -0.480 e. The highest BCUT2D eigenvalue weighted by Crippen LogP contribution is 2.21. The van der Waals surface area contributed by atoms with Gasteiger partial charge in [0.25, 0.3) is 11.5 Å². The van der Waals surface area contributed by atoms with Crippen molar-refractivity contribution >= 4 is 11.9 Å². The average molecular weight is 375 g/mol. The number of rotatable bonds is 6. The van der Waals surface area contributed by atoms with Crippen molar-refractivity contribution in [3.05, 3.63) is 58.3 Å². The number of hydrogen-bond acceptors (Lipinski definition) is 4. The van der Waals surface area contributed by atoms with Gasteiger partial charge in [0, 0.05) is 6.07 Å². The molecule has 27 heavy (non-hydrogen) atoms. The van der Waals surface area contributed by atoms with Crippen molar-refractivity contribution < 1.29 is 19.1 Å². The van der Waals surface area contributed by atoms with Crippen molar-refractivity contribution in [3.63, 3.8) is 0 Å². The highest BCUT2D eigenvalue weighted by Gasteiger charge is 2.24. The second kappa shape index (κ2) is 8.11. The minimum absolute atomic E-state index is 0.0769. The van der Waals surface area contributed by atoms with Crippen LogP contribution in [0, 0.1) is 11.2 Å². The molecule has 7 nitrogen and oxygen atoms in total. The SMILES string of the molecule is CC(C)(C)CCC(NC(=O)c1ccc(=O)n(-c2ccc(F)cc2)n1)C(=O)O. The highest BCUT2D eigenvalue weighted by molar-refractivity contribution is 5.94. The molecule has 1 unspecified atom stereocenters. The van der Waals surface area contributed by atoms with Gasteiger partial charge in [-0.25, -0.2) is 9.18 Å². The summed E-state index contributed by atoms with van der Waals surface area (Å²) in [6.07, 6.45) is 0.870. The van der Waals surface area contributed by atoms with Gasteiger partial charge >= 0.3 is 5.97 Å². The molecule has 2 rings (SSSR count). The summed E-state index contributed by atoms with van der Waals surface area (Å²) in [5.74, 6) is -2.31. The summed E-state index contributed by atoms with van der Waals surface area (Å²) in [4.78, 5) is 35.9. The second-order valence-electron chi connectivity index (χ2n) is 7.41. The van der Waals surface area contributed by atoms with E-state index in [9.17, 15) is 23.9 Å². The molecule has 2 aromatic rings. The number of carbonyl (C=O) groups excluding carboxylic acids is 1. The Bertz CT molecular complexity index is 885. The Morgan fingerprint density at radius 1 is 1.19 bits per heavy atom. The number of hydrogen-bond donors (Lipinski definition) is 2. The van der Waals surface area contributed by atoms with Gasteiger partial charge in [0.1, 0.15) is 17.6 Å². The molecule has 1 aromatic carbocycles. The number of benzene rings is 1. The Balaban J connectivity index is 2.22. The molecule has 0 aliphatic rings. The average Bonchev–Trinajstić information content (AvgIpc) is 2.58. The largest absolute Gasteiger partial charge is 0.480 e. The number of aliphatic carboxylic acids is 1. The van der Waals surface area contributed by atoms with Crippen LogP contribution in [0.15, 0.2) is 41.2 Å². The molecule has 0 radical (unpaired) electrons. The lowest BCUT2D eigenvalue weighted by Gasteiger charge is -2.21. The van der Waals surface area contributed by atoms with Gasteiger partial charge in [-0.15, -0.1) is 0 Å². The van der Waals surface area contributed by atoms with Crippen LogP contribution in [0.1, 0.15) is 44.1 Å². The number of aromatic nitrogens is 2. The number of carboxylic acids is 1. The van der Waals surface area contributed by atoms with Gasteiger partial charge in [-0.3, -0.25) is 9.59 Å². The summed E-state index contributed by atoms with van der Waals surface area (Å²) in [5.41, 5.74) is -0.396. The Hall–Kier alpha value is -3.03. The van der Waals surface area contributed by atoms with Crippen molar-refractivity contribution in [2.75, 3.05) is 0 Å². The van der Waals surface area contributed by atoms with Crippen molar-refractivity contribution in [1.29, 1.82) is 0 Å². The fourth-order valence-electron chi connectivity index (χ4n) is 2.37. The summed E-state index contributed by atoms with van der Waals surface area (Å²) in [7, 11) is 0. The van der Waals surface area contributed by atoms with Crippen molar-refractivity contribution in [2.24, 2.45) is 5.41 Å². The zero-order chi connectivity index (χ0) is 20.2. The predicted molar refractivity (Wildman–Crippen MR) is 97.4 cm³/mol. The minimum atomic E-state index is -1.14. The van der Waals surface area contributed by atoms with Crippen LogP contribution < -0.4 is 10.9 Å². The molecule has 1 aromatic heterocycles. The second-order valence-corrected chi connectivity index (χ2v) is 7.41. The van der Waals surface area contributed by atoms with Crippen LogP contribution in [0.25, 0.3) is 5.69 Å². The van der Waals surface area contributed by atoms with E-state index in [0.717, 1.165) is 10.7 Å². The molecule has 0 spiro atoms. The number of nitrogens with one attached hydrogen (secondary N) is 1. The van der Waals surface area contributed by atoms with E-state index in [2.05, 4.69) is 10.4 Å². The van der Waals surface area contributed by atoms with Gasteiger partial charge in [0.2, 0.25) is 0 Å². The molecule has 0 fully saturated rings. The molecule has 0 bridgehead atoms. The monoisotopic (exact) mass is 375 g/mol. The lowest BCUT2D eigenvalue weighted by molar-refractivity contribution is -0.139. The maximum atomic E-state index is 13.1. The predicted octanol–water partition coefficient (Wildman–Crippen LogP) is 2.38. The lowest BCUT2D eigenvalue weighted by Crippen LogP contribution is -2.42. The topological polar surface area (TPSA) is 101 Å². The first kappa shape index (κ1) is 20.3. The quantitative estimate of drug-likeness (QED) is 0.807. The maximum absolute atomic E-state index is 13.1. The van der Waals surface area contributed by atoms with E-state index in [1.807, 2.05) is 20.8 Å². The zero-order valence-corrected chi connectivity index (χ0v) is 15.4. The first-order valence-corrected chi connectivity index (χ1v) is 8.47. The lowest BCUT2D eigenvalue weighted by atomic mass is 9.88. The van der Waals surface area contributed by atoms with Gasteiger partial charge in [-0.2, -0.15) is 9.78 Å². The fourth-order valence-corrected chi connectivity index (χ4v) is 2.37. The van der Waals surface area contributed by atoms with Gasteiger partial charge in [-0.05, 0) is 48.6 Å². The van der Waals surface area contributed by atoms with Crippen LogP contribution in [-0.2, 0) is 4.79 Å². The molecule has 0 saturated heterocycles. The highest BCUT2D eigenvalue weighted by atomic mass is 19.1. The van der Waals surface area contributed by atoms with Crippen molar-refractivity contribution in [3.8, 4) is 5.69 Å². The van der Waals surface area contributed by atoms with Crippen LogP contribution >= 0.6 is 0 Å². The Kier molecular flexibility index (Phi) is 6.09. The summed E-state index contributed by atoms with van der Waals surface area (Å²) >= 11 is 0. The molecule has 0 saturated carbocycles. The van der Waals surface area contributed by atoms with Crippen LogP contribution in [0.3, 0.4) is 0 Å². The summed E-state index contributed by atoms with van der Waals surface area (Å²) in [6.45, 7) is 5.94. The first-order chi connectivity index (χ1) is 12.6. The number of nitrogens with zero attached hydrogens (tertiary/aromatic N) is 2. The zero-order valence-electron chi connectivity index (χ0n) is 15.4. The molecule has 1 heterocycles. The Morgan fingerprint density at radius 2 is 1.81 bits per heavy atom. The van der Waals surface area contributed by atoms with Crippen molar-refractivity contribution in [2.45, 2.75) is 39.7 Å². The third kappa shape index (κ3) is 5.73. The van der Waals surface area contributed by atoms with E-state index in [0.29, 0.717) is 12.1 Å². The van der Waals surface area contributed by atoms with Gasteiger partial charge < -0.3 is 10.4 Å². The van der Waals surface area contributed by atoms with Gasteiger partial charge in [0.05, 0.1) is 5.69 Å². The van der Waals surface area contributed by atoms with Crippen LogP contribution in [0.5, 0.6) is 0 Å². The molecule has 1 amide bonds. The van der Waals surface area contributed by atoms with Crippen LogP contribution in [-0.4, -0.2) is 32.8 Å². The van der Waals surface area contributed by atoms with E-state index in [-0.39, 0.29) is 17.5 Å². The fraction of sp³-hybridized carbons (Fsp3) is 0.368. The molecule has 1 atom stereocenters. The molecule has 144 valence electrons. The summed E-state index contributed by atoms with van der Waals surface area (Å²) < 4.78 is 14.0. The molecule has 8 heteroatoms. The maximum Gasteiger partial charge on any atom is 0.326 e. The third-order valence-electron chi connectivity index (χ3n) is 3.89. The summed E-state index contributed by atoms with van der Waals surface area (Å²) in [5, 5.41) is 15.7. The molecule has 2 N–H and O–H groups in total. The van der Waals surface area contributed by atoms with Crippen LogP contribution in [0.4, 0.5) is 4.39 Å². The Morgan fingerprint density at radius 3 is 2.37 bits per heavy atom. The standard InChI is InChI=1S/C19H22FN3O4/c1-19(2,3)11-10-15(18(26)27)21-17(25)14-8-9-16(24)23(22-14)13-6-4-12(20)5-7-13/h4-9,15H,10-11H2,1-3H3,(H,21,25)(H,26,27). The van der Waals surface area contributed by atoms with Gasteiger partial charge in [-0.1, -0.05) is 20.8 Å². The number of carbonyl (C=O) groups is 2. The summed E-state index contributed by atoms with van der Waals surface area (Å²) in [6, 6.07) is 6.36. The molecular formula is C19H22FN3O4. The van der Waals surface area contributed by atoms with E-state index in [4.69, 9.17) is 0 Å². The van der Waals surface area contributed by atoms with E-state index in [1.54, 1.807) is 0 Å². The van der Waals surface area contributed by atoms with E-state index >= 15 is 0 Å². The van der Waals surface area contributed by atoms with Crippen molar-refractivity contribution in [1.82, 2.24) is 15.1 Å². The normalized spacial score (nSPS) is 12.4.